The Labute approximate surface area is 168 Å². The van der Waals surface area contributed by atoms with Crippen LogP contribution in [0.2, 0.25) is 24.7 Å². The molecule has 27 heavy (non-hydrogen) atoms. The maximum absolute atomic E-state index is 6.80. The van der Waals surface area contributed by atoms with Gasteiger partial charge in [-0.2, -0.15) is 0 Å². The fourth-order valence-electron chi connectivity index (χ4n) is 6.09. The van der Waals surface area contributed by atoms with Gasteiger partial charge in [0.25, 0.3) is 0 Å². The Balaban J connectivity index is 1.85. The highest BCUT2D eigenvalue weighted by molar-refractivity contribution is 6.79. The first-order chi connectivity index (χ1) is 12.6. The number of allylic oxidation sites excluding steroid dienone is 2. The van der Waals surface area contributed by atoms with Crippen molar-refractivity contribution in [2.24, 2.45) is 22.7 Å². The highest BCUT2D eigenvalue weighted by atomic mass is 28.3. The number of hydrogen-bond donors (Lipinski definition) is 0. The summed E-state index contributed by atoms with van der Waals surface area (Å²) < 4.78 is 6.80. The summed E-state index contributed by atoms with van der Waals surface area (Å²) in [4.78, 5) is 0. The minimum atomic E-state index is -1.44. The predicted molar refractivity (Wildman–Crippen MR) is 120 cm³/mol. The summed E-state index contributed by atoms with van der Waals surface area (Å²) in [5.41, 5.74) is 2.75. The standard InChI is InChI=1S/C25H40OSi/c1-19(2)12-11-17-27(6,7)22-21-15-16-25(5,24(21,3)4)23(22)26-18-20-13-9-8-10-14-20/h8-14,19,21-23H,15-18H2,1-7H3/b12-11+/t21-,22-,23-,25+/m0/s1. The van der Waals surface area contributed by atoms with Crippen LogP contribution < -0.4 is 0 Å². The van der Waals surface area contributed by atoms with Crippen molar-refractivity contribution in [2.45, 2.75) is 84.9 Å². The number of rotatable bonds is 7. The lowest BCUT2D eigenvalue weighted by molar-refractivity contribution is -0.0557. The molecule has 4 atom stereocenters. The Bertz CT molecular complexity index is 660. The zero-order valence-corrected chi connectivity index (χ0v) is 19.6. The lowest BCUT2D eigenvalue weighted by Gasteiger charge is -2.44. The average molecular weight is 385 g/mol. The lowest BCUT2D eigenvalue weighted by Crippen LogP contribution is -2.46. The molecule has 0 aromatic heterocycles. The molecule has 0 heterocycles. The molecular formula is C25H40OSi. The van der Waals surface area contributed by atoms with E-state index in [1.807, 2.05) is 0 Å². The van der Waals surface area contributed by atoms with Gasteiger partial charge in [0.05, 0.1) is 20.8 Å². The van der Waals surface area contributed by atoms with E-state index in [-0.39, 0.29) is 0 Å². The molecule has 2 aliphatic rings. The predicted octanol–water partition coefficient (Wildman–Crippen LogP) is 7.32. The van der Waals surface area contributed by atoms with Crippen LogP contribution in [0, 0.1) is 22.7 Å². The third-order valence-electron chi connectivity index (χ3n) is 8.10. The van der Waals surface area contributed by atoms with Crippen LogP contribution in [-0.4, -0.2) is 14.2 Å². The molecule has 0 radical (unpaired) electrons. The van der Waals surface area contributed by atoms with Gasteiger partial charge in [-0.05, 0) is 52.7 Å². The van der Waals surface area contributed by atoms with Crippen LogP contribution in [0.4, 0.5) is 0 Å². The molecule has 1 aromatic carbocycles. The molecule has 150 valence electrons. The Morgan fingerprint density at radius 1 is 1.15 bits per heavy atom. The maximum Gasteiger partial charge on any atom is 0.0720 e. The third kappa shape index (κ3) is 3.72. The topological polar surface area (TPSA) is 9.23 Å². The molecule has 2 fully saturated rings. The van der Waals surface area contributed by atoms with Crippen molar-refractivity contribution in [3.63, 3.8) is 0 Å². The van der Waals surface area contributed by atoms with Gasteiger partial charge in [-0.15, -0.1) is 0 Å². The number of benzene rings is 1. The first-order valence-electron chi connectivity index (χ1n) is 10.9. The van der Waals surface area contributed by atoms with E-state index < -0.39 is 8.07 Å². The van der Waals surface area contributed by atoms with Gasteiger partial charge in [0.2, 0.25) is 0 Å². The zero-order valence-electron chi connectivity index (χ0n) is 18.6. The largest absolute Gasteiger partial charge is 0.373 e. The van der Waals surface area contributed by atoms with Gasteiger partial charge in [-0.25, -0.2) is 0 Å². The van der Waals surface area contributed by atoms with E-state index in [0.717, 1.165) is 18.1 Å². The van der Waals surface area contributed by atoms with Crippen LogP contribution in [0.15, 0.2) is 42.5 Å². The molecule has 2 heteroatoms. The van der Waals surface area contributed by atoms with E-state index in [9.17, 15) is 0 Å². The van der Waals surface area contributed by atoms with Crippen LogP contribution in [0.25, 0.3) is 0 Å². The maximum atomic E-state index is 6.80. The second kappa shape index (κ2) is 7.52. The molecule has 1 nitrogen and oxygen atoms in total. The van der Waals surface area contributed by atoms with E-state index in [2.05, 4.69) is 90.2 Å². The summed E-state index contributed by atoms with van der Waals surface area (Å²) in [6.07, 6.45) is 8.00. The highest BCUT2D eigenvalue weighted by Crippen LogP contribution is 2.72. The van der Waals surface area contributed by atoms with Gasteiger partial charge in [-0.1, -0.05) is 90.2 Å². The van der Waals surface area contributed by atoms with Crippen LogP contribution in [0.5, 0.6) is 0 Å². The average Bonchev–Trinajstić information content (AvgIpc) is 2.92. The van der Waals surface area contributed by atoms with Gasteiger partial charge < -0.3 is 4.74 Å². The van der Waals surface area contributed by atoms with E-state index in [0.29, 0.717) is 22.9 Å². The van der Waals surface area contributed by atoms with Crippen LogP contribution in [0.3, 0.4) is 0 Å². The summed E-state index contributed by atoms with van der Waals surface area (Å²) >= 11 is 0. The molecule has 1 aromatic rings. The minimum Gasteiger partial charge on any atom is -0.373 e. The summed E-state index contributed by atoms with van der Waals surface area (Å²) in [7, 11) is -1.44. The van der Waals surface area contributed by atoms with Crippen molar-refractivity contribution in [1.82, 2.24) is 0 Å². The molecular weight excluding hydrogens is 344 g/mol. The summed E-state index contributed by atoms with van der Waals surface area (Å²) in [5.74, 6) is 1.46. The Morgan fingerprint density at radius 2 is 1.81 bits per heavy atom. The molecule has 2 aliphatic carbocycles. The van der Waals surface area contributed by atoms with Gasteiger partial charge >= 0.3 is 0 Å². The Morgan fingerprint density at radius 3 is 2.44 bits per heavy atom. The van der Waals surface area contributed by atoms with Gasteiger partial charge in [0.1, 0.15) is 0 Å². The highest BCUT2D eigenvalue weighted by Gasteiger charge is 2.69. The molecule has 2 saturated carbocycles. The van der Waals surface area contributed by atoms with Crippen molar-refractivity contribution in [3.05, 3.63) is 48.0 Å². The van der Waals surface area contributed by atoms with Crippen molar-refractivity contribution in [3.8, 4) is 0 Å². The van der Waals surface area contributed by atoms with Crippen molar-refractivity contribution in [1.29, 1.82) is 0 Å². The second-order valence-electron chi connectivity index (χ2n) is 10.9. The third-order valence-corrected chi connectivity index (χ3v) is 11.9. The Hall–Kier alpha value is -0.863. The Kier molecular flexibility index (Phi) is 5.81. The fraction of sp³-hybridized carbons (Fsp3) is 0.680. The first kappa shape index (κ1) is 20.9. The van der Waals surface area contributed by atoms with Crippen LogP contribution >= 0.6 is 0 Å². The van der Waals surface area contributed by atoms with Crippen molar-refractivity contribution in [2.75, 3.05) is 0 Å². The van der Waals surface area contributed by atoms with Crippen molar-refractivity contribution < 1.29 is 4.74 Å². The van der Waals surface area contributed by atoms with E-state index in [4.69, 9.17) is 4.74 Å². The number of fused-ring (bicyclic) bond motifs is 2. The quantitative estimate of drug-likeness (QED) is 0.353. The van der Waals surface area contributed by atoms with Gasteiger partial charge in [0.15, 0.2) is 0 Å². The smallest absolute Gasteiger partial charge is 0.0720 e. The van der Waals surface area contributed by atoms with Gasteiger partial charge in [0, 0.05) is 0 Å². The summed E-state index contributed by atoms with van der Waals surface area (Å²) in [6, 6.07) is 12.0. The number of ether oxygens (including phenoxy) is 1. The molecule has 0 amide bonds. The minimum absolute atomic E-state index is 0.309. The monoisotopic (exact) mass is 384 g/mol. The molecule has 0 spiro atoms. The molecule has 3 rings (SSSR count). The molecule has 0 aliphatic heterocycles. The number of hydrogen-bond acceptors (Lipinski definition) is 1. The molecule has 0 saturated heterocycles. The van der Waals surface area contributed by atoms with E-state index in [1.165, 1.54) is 24.4 Å². The van der Waals surface area contributed by atoms with Gasteiger partial charge in [-0.3, -0.25) is 0 Å². The second-order valence-corrected chi connectivity index (χ2v) is 15.9. The zero-order chi connectivity index (χ0) is 19.9. The lowest BCUT2D eigenvalue weighted by atomic mass is 9.70. The van der Waals surface area contributed by atoms with E-state index in [1.54, 1.807) is 0 Å². The first-order valence-corrected chi connectivity index (χ1v) is 14.2. The summed E-state index contributed by atoms with van der Waals surface area (Å²) in [5, 5.41) is 0. The SMILES string of the molecule is CC(C)/C=C/C[Si](C)(C)[C@H]1[C@@H]2CC[C@](C)([C@H]1OCc1ccccc1)C2(C)C. The van der Waals surface area contributed by atoms with Crippen LogP contribution in [-0.2, 0) is 11.3 Å². The molecule has 0 unspecified atom stereocenters. The molecule has 2 bridgehead atoms. The van der Waals surface area contributed by atoms with Crippen LogP contribution in [0.1, 0.15) is 53.0 Å². The summed E-state index contributed by atoms with van der Waals surface area (Å²) in [6.45, 7) is 18.1. The fourth-order valence-corrected chi connectivity index (χ4v) is 10.1. The van der Waals surface area contributed by atoms with Crippen molar-refractivity contribution >= 4 is 8.07 Å². The normalized spacial score (nSPS) is 32.7. The van der Waals surface area contributed by atoms with E-state index >= 15 is 0 Å². The molecule has 0 N–H and O–H groups in total.